The highest BCUT2D eigenvalue weighted by atomic mass is 19.4. The summed E-state index contributed by atoms with van der Waals surface area (Å²) in [5, 5.41) is 7.12. The summed E-state index contributed by atoms with van der Waals surface area (Å²) in [4.78, 5) is 15.9. The molecule has 3 heterocycles. The highest BCUT2D eigenvalue weighted by Crippen LogP contribution is 2.21. The Labute approximate surface area is 143 Å². The zero-order valence-corrected chi connectivity index (χ0v) is 13.9. The number of ether oxygens (including phenoxy) is 2. The average molecular weight is 365 g/mol. The second kappa shape index (κ2) is 8.63. The van der Waals surface area contributed by atoms with Crippen LogP contribution in [0.1, 0.15) is 12.2 Å². The minimum Gasteiger partial charge on any atom is -0.475 e. The first-order chi connectivity index (χ1) is 11.8. The first-order valence-corrected chi connectivity index (χ1v) is 7.92. The molecule has 0 spiro atoms. The Kier molecular flexibility index (Phi) is 6.79. The van der Waals surface area contributed by atoms with Gasteiger partial charge in [-0.15, -0.1) is 0 Å². The number of aliphatic carboxylic acids is 1. The molecule has 0 saturated carbocycles. The summed E-state index contributed by atoms with van der Waals surface area (Å²) in [7, 11) is 1.78. The van der Waals surface area contributed by atoms with Gasteiger partial charge in [-0.3, -0.25) is 4.90 Å². The minimum atomic E-state index is -5.08. The van der Waals surface area contributed by atoms with Gasteiger partial charge in [-0.2, -0.15) is 13.2 Å². The van der Waals surface area contributed by atoms with Crippen LogP contribution in [0.5, 0.6) is 0 Å². The van der Waals surface area contributed by atoms with Gasteiger partial charge in [0.2, 0.25) is 0 Å². The van der Waals surface area contributed by atoms with E-state index >= 15 is 0 Å². The van der Waals surface area contributed by atoms with Gasteiger partial charge in [0, 0.05) is 51.2 Å². The Morgan fingerprint density at radius 1 is 1.48 bits per heavy atom. The fraction of sp³-hybridized carbons (Fsp3) is 0.733. The van der Waals surface area contributed by atoms with Crippen molar-refractivity contribution in [1.29, 1.82) is 0 Å². The molecule has 1 aromatic rings. The number of carboxylic acids is 1. The monoisotopic (exact) mass is 365 g/mol. The fourth-order valence-electron chi connectivity index (χ4n) is 3.00. The molecule has 25 heavy (non-hydrogen) atoms. The van der Waals surface area contributed by atoms with Crippen LogP contribution in [0.3, 0.4) is 0 Å². The molecule has 7 nitrogen and oxygen atoms in total. The molecule has 0 aromatic carbocycles. The summed E-state index contributed by atoms with van der Waals surface area (Å²) in [5.74, 6) is -1.06. The third-order valence-electron chi connectivity index (χ3n) is 4.16. The van der Waals surface area contributed by atoms with Crippen LogP contribution in [0.25, 0.3) is 0 Å². The Morgan fingerprint density at radius 3 is 2.76 bits per heavy atom. The smallest absolute Gasteiger partial charge is 0.475 e. The van der Waals surface area contributed by atoms with Crippen LogP contribution >= 0.6 is 0 Å². The lowest BCUT2D eigenvalue weighted by Gasteiger charge is -2.28. The van der Waals surface area contributed by atoms with Crippen LogP contribution in [0.4, 0.5) is 13.2 Å². The van der Waals surface area contributed by atoms with Crippen molar-refractivity contribution in [3.05, 3.63) is 18.2 Å². The number of halogens is 3. The summed E-state index contributed by atoms with van der Waals surface area (Å²) in [6.45, 7) is 5.58. The van der Waals surface area contributed by atoms with E-state index in [4.69, 9.17) is 19.4 Å². The SMILES string of the molecule is COCC1CN(C2CCOC2)Cc2nccn2C1.O=C(O)C(F)(F)F. The second-order valence-electron chi connectivity index (χ2n) is 6.07. The van der Waals surface area contributed by atoms with E-state index in [-0.39, 0.29) is 0 Å². The number of carbonyl (C=O) groups is 1. The molecule has 10 heteroatoms. The highest BCUT2D eigenvalue weighted by molar-refractivity contribution is 5.73. The molecule has 3 rings (SSSR count). The molecule has 1 fully saturated rings. The van der Waals surface area contributed by atoms with Crippen molar-refractivity contribution in [3.63, 3.8) is 0 Å². The zero-order chi connectivity index (χ0) is 18.4. The molecule has 0 bridgehead atoms. The van der Waals surface area contributed by atoms with Gasteiger partial charge >= 0.3 is 12.1 Å². The molecular weight excluding hydrogens is 343 g/mol. The van der Waals surface area contributed by atoms with E-state index in [0.717, 1.165) is 45.9 Å². The summed E-state index contributed by atoms with van der Waals surface area (Å²) in [6.07, 6.45) is 0.0287. The van der Waals surface area contributed by atoms with Crippen LogP contribution in [-0.2, 0) is 27.4 Å². The minimum absolute atomic E-state index is 0.533. The topological polar surface area (TPSA) is 76.8 Å². The number of methoxy groups -OCH3 is 1. The van der Waals surface area contributed by atoms with Crippen LogP contribution in [0.2, 0.25) is 0 Å². The number of rotatable bonds is 3. The van der Waals surface area contributed by atoms with E-state index in [2.05, 4.69) is 20.6 Å². The molecular formula is C15H22F3N3O4. The Balaban J connectivity index is 0.000000277. The normalized spacial score (nSPS) is 24.2. The molecule has 142 valence electrons. The quantitative estimate of drug-likeness (QED) is 0.872. The van der Waals surface area contributed by atoms with Gasteiger partial charge in [0.05, 0.1) is 19.8 Å². The van der Waals surface area contributed by atoms with Gasteiger partial charge in [-0.1, -0.05) is 0 Å². The average Bonchev–Trinajstić information content (AvgIpc) is 3.16. The molecule has 0 aliphatic carbocycles. The van der Waals surface area contributed by atoms with Crippen molar-refractivity contribution < 1.29 is 32.5 Å². The van der Waals surface area contributed by atoms with E-state index in [0.29, 0.717) is 12.0 Å². The van der Waals surface area contributed by atoms with E-state index in [1.165, 1.54) is 5.82 Å². The van der Waals surface area contributed by atoms with Crippen LogP contribution in [0, 0.1) is 5.92 Å². The largest absolute Gasteiger partial charge is 0.490 e. The van der Waals surface area contributed by atoms with Gasteiger partial charge in [0.25, 0.3) is 0 Å². The lowest BCUT2D eigenvalue weighted by Crippen LogP contribution is -2.38. The summed E-state index contributed by atoms with van der Waals surface area (Å²) in [6, 6.07) is 0.549. The van der Waals surface area contributed by atoms with Crippen molar-refractivity contribution in [2.75, 3.05) is 33.5 Å². The third-order valence-corrected chi connectivity index (χ3v) is 4.16. The fourth-order valence-corrected chi connectivity index (χ4v) is 3.00. The Morgan fingerprint density at radius 2 is 2.20 bits per heavy atom. The van der Waals surface area contributed by atoms with E-state index in [1.807, 2.05) is 6.20 Å². The first kappa shape index (κ1) is 19.7. The Hall–Kier alpha value is -1.65. The molecule has 2 atom stereocenters. The molecule has 1 aromatic heterocycles. The van der Waals surface area contributed by atoms with Crippen molar-refractivity contribution in [3.8, 4) is 0 Å². The maximum absolute atomic E-state index is 10.6. The Bertz CT molecular complexity index is 558. The number of hydrogen-bond donors (Lipinski definition) is 1. The van der Waals surface area contributed by atoms with Gasteiger partial charge in [0.1, 0.15) is 5.82 Å². The summed E-state index contributed by atoms with van der Waals surface area (Å²) in [5.41, 5.74) is 0. The number of nitrogens with zero attached hydrogens (tertiary/aromatic N) is 3. The predicted octanol–water partition coefficient (Wildman–Crippen LogP) is 1.38. The lowest BCUT2D eigenvalue weighted by molar-refractivity contribution is -0.192. The molecule has 1 saturated heterocycles. The second-order valence-corrected chi connectivity index (χ2v) is 6.07. The number of hydrogen-bond acceptors (Lipinski definition) is 5. The first-order valence-electron chi connectivity index (χ1n) is 7.92. The van der Waals surface area contributed by atoms with E-state index < -0.39 is 12.1 Å². The molecule has 2 aliphatic rings. The highest BCUT2D eigenvalue weighted by Gasteiger charge is 2.38. The van der Waals surface area contributed by atoms with Crippen molar-refractivity contribution in [2.24, 2.45) is 5.92 Å². The van der Waals surface area contributed by atoms with E-state index in [1.54, 1.807) is 7.11 Å². The van der Waals surface area contributed by atoms with Crippen LogP contribution in [-0.4, -0.2) is 71.2 Å². The number of imidazole rings is 1. The summed E-state index contributed by atoms with van der Waals surface area (Å²) >= 11 is 0. The van der Waals surface area contributed by atoms with Gasteiger partial charge in [-0.25, -0.2) is 9.78 Å². The number of aromatic nitrogens is 2. The maximum Gasteiger partial charge on any atom is 0.490 e. The third kappa shape index (κ3) is 5.68. The van der Waals surface area contributed by atoms with Gasteiger partial charge < -0.3 is 19.1 Å². The lowest BCUT2D eigenvalue weighted by atomic mass is 10.1. The molecule has 2 aliphatic heterocycles. The zero-order valence-electron chi connectivity index (χ0n) is 13.9. The molecule has 0 amide bonds. The van der Waals surface area contributed by atoms with Crippen LogP contribution in [0.15, 0.2) is 12.4 Å². The molecule has 1 N–H and O–H groups in total. The van der Waals surface area contributed by atoms with Gasteiger partial charge in [0.15, 0.2) is 0 Å². The predicted molar refractivity (Wildman–Crippen MR) is 80.9 cm³/mol. The van der Waals surface area contributed by atoms with Gasteiger partial charge in [-0.05, 0) is 6.42 Å². The number of fused-ring (bicyclic) bond motifs is 1. The standard InChI is InChI=1S/C13H21N3O2.C2HF3O2/c1-17-9-11-6-15-4-3-14-13(15)8-16(7-11)12-2-5-18-10-12;3-2(4,5)1(6)7/h3-4,11-12H,2,5-10H2,1H3;(H,6,7). The molecule has 0 radical (unpaired) electrons. The maximum atomic E-state index is 10.6. The number of alkyl halides is 3. The van der Waals surface area contributed by atoms with E-state index in [9.17, 15) is 13.2 Å². The van der Waals surface area contributed by atoms with Crippen molar-refractivity contribution >= 4 is 5.97 Å². The summed E-state index contributed by atoms with van der Waals surface area (Å²) < 4.78 is 44.9. The number of carboxylic acid groups (broad SMARTS) is 1. The van der Waals surface area contributed by atoms with Crippen molar-refractivity contribution in [2.45, 2.75) is 31.7 Å². The van der Waals surface area contributed by atoms with Crippen molar-refractivity contribution in [1.82, 2.24) is 14.5 Å². The molecule has 2 unspecified atom stereocenters. The van der Waals surface area contributed by atoms with Crippen LogP contribution < -0.4 is 0 Å².